The Balaban J connectivity index is 1.64. The van der Waals surface area contributed by atoms with Gasteiger partial charge in [0, 0.05) is 37.0 Å². The molecule has 182 valence electrons. The summed E-state index contributed by atoms with van der Waals surface area (Å²) < 4.78 is 10.6. The van der Waals surface area contributed by atoms with E-state index >= 15 is 0 Å². The van der Waals surface area contributed by atoms with Gasteiger partial charge in [0.2, 0.25) is 5.95 Å². The van der Waals surface area contributed by atoms with E-state index in [4.69, 9.17) is 9.47 Å². The summed E-state index contributed by atoms with van der Waals surface area (Å²) in [4.78, 5) is 47.4. The number of morpholine rings is 1. The Labute approximate surface area is 198 Å². The minimum Gasteiger partial charge on any atom is -0.442 e. The summed E-state index contributed by atoms with van der Waals surface area (Å²) in [6.45, 7) is 9.28. The molecular weight excluding hydrogens is 440 g/mol. The smallest absolute Gasteiger partial charge is 0.429 e. The molecule has 4 amide bonds. The highest BCUT2D eigenvalue weighted by atomic mass is 16.6. The third-order valence-electron chi connectivity index (χ3n) is 4.78. The highest BCUT2D eigenvalue weighted by Crippen LogP contribution is 2.19. The zero-order chi connectivity index (χ0) is 24.7. The van der Waals surface area contributed by atoms with Crippen LogP contribution < -0.4 is 10.7 Å². The molecule has 0 bridgehead atoms. The third kappa shape index (κ3) is 6.88. The van der Waals surface area contributed by atoms with Crippen LogP contribution in [0.4, 0.5) is 15.5 Å². The predicted molar refractivity (Wildman–Crippen MR) is 125 cm³/mol. The number of anilines is 1. The lowest BCUT2D eigenvalue weighted by Gasteiger charge is -2.26. The third-order valence-corrected chi connectivity index (χ3v) is 4.78. The second-order valence-corrected chi connectivity index (χ2v) is 8.54. The molecule has 2 N–H and O–H groups in total. The van der Waals surface area contributed by atoms with Crippen LogP contribution in [0.15, 0.2) is 36.5 Å². The van der Waals surface area contributed by atoms with Gasteiger partial charge < -0.3 is 14.4 Å². The zero-order valence-electron chi connectivity index (χ0n) is 19.8. The van der Waals surface area contributed by atoms with Crippen molar-refractivity contribution in [1.29, 1.82) is 0 Å². The molecule has 0 unspecified atom stereocenters. The number of hydrogen-bond acceptors (Lipinski definition) is 7. The van der Waals surface area contributed by atoms with Crippen LogP contribution in [0.2, 0.25) is 0 Å². The fourth-order valence-electron chi connectivity index (χ4n) is 3.07. The summed E-state index contributed by atoms with van der Waals surface area (Å²) in [7, 11) is 0. The minimum absolute atomic E-state index is 0.187. The first-order chi connectivity index (χ1) is 16.2. The van der Waals surface area contributed by atoms with Crippen molar-refractivity contribution in [3.8, 4) is 11.3 Å². The summed E-state index contributed by atoms with van der Waals surface area (Å²) in [5.41, 5.74) is 3.57. The summed E-state index contributed by atoms with van der Waals surface area (Å²) in [6, 6.07) is 8.14. The van der Waals surface area contributed by atoms with Gasteiger partial charge in [-0.2, -0.15) is 0 Å². The monoisotopic (exact) mass is 470 g/mol. The van der Waals surface area contributed by atoms with E-state index in [0.29, 0.717) is 37.6 Å². The molecule has 1 saturated heterocycles. The Kier molecular flexibility index (Phi) is 8.00. The number of carbonyl (C=O) groups excluding carboxylic acids is 3. The Morgan fingerprint density at radius 1 is 1.12 bits per heavy atom. The van der Waals surface area contributed by atoms with E-state index < -0.39 is 17.6 Å². The van der Waals surface area contributed by atoms with E-state index in [1.165, 1.54) is 0 Å². The number of ether oxygens (including phenoxy) is 2. The fraction of sp³-hybridized carbons (Fsp3) is 0.435. The number of carbonyl (C=O) groups is 3. The van der Waals surface area contributed by atoms with Gasteiger partial charge in [0.1, 0.15) is 5.60 Å². The number of nitrogens with zero attached hydrogens (tertiary/aromatic N) is 4. The SMILES string of the molecule is CCN(NC(=O)c1ccc(-c2ccnc(NC(=O)N3CCOCC3)n2)cc1)C(=O)OC(C)(C)C. The Morgan fingerprint density at radius 2 is 1.79 bits per heavy atom. The highest BCUT2D eigenvalue weighted by Gasteiger charge is 2.23. The van der Waals surface area contributed by atoms with E-state index in [1.54, 1.807) is 69.1 Å². The van der Waals surface area contributed by atoms with Gasteiger partial charge >= 0.3 is 12.1 Å². The van der Waals surface area contributed by atoms with Crippen molar-refractivity contribution in [3.05, 3.63) is 42.1 Å². The standard InChI is InChI=1S/C23H30N6O5/c1-5-29(22(32)34-23(2,3)4)27-19(30)17-8-6-16(7-9-17)18-10-11-24-20(25-18)26-21(31)28-12-14-33-15-13-28/h6-11H,5,12-15H2,1-4H3,(H,27,30)(H,24,25,26,31). The number of hydrazine groups is 1. The summed E-state index contributed by atoms with van der Waals surface area (Å²) in [5, 5.41) is 3.82. The van der Waals surface area contributed by atoms with Crippen molar-refractivity contribution in [3.63, 3.8) is 0 Å². The Bertz CT molecular complexity index is 1020. The van der Waals surface area contributed by atoms with Gasteiger partial charge in [0.05, 0.1) is 18.9 Å². The largest absolute Gasteiger partial charge is 0.442 e. The molecule has 2 heterocycles. The van der Waals surface area contributed by atoms with E-state index in [2.05, 4.69) is 20.7 Å². The van der Waals surface area contributed by atoms with Gasteiger partial charge in [-0.05, 0) is 45.9 Å². The lowest BCUT2D eigenvalue weighted by molar-refractivity contribution is 0.0146. The first-order valence-corrected chi connectivity index (χ1v) is 11.0. The number of aromatic nitrogens is 2. The average Bonchev–Trinajstić information content (AvgIpc) is 2.82. The second-order valence-electron chi connectivity index (χ2n) is 8.54. The molecule has 1 aromatic heterocycles. The maximum Gasteiger partial charge on any atom is 0.429 e. The molecule has 0 spiro atoms. The number of nitrogens with one attached hydrogen (secondary N) is 2. The molecule has 0 aliphatic carbocycles. The number of urea groups is 1. The molecule has 11 heteroatoms. The molecule has 34 heavy (non-hydrogen) atoms. The van der Waals surface area contributed by atoms with Gasteiger partial charge in [-0.25, -0.2) is 24.6 Å². The van der Waals surface area contributed by atoms with Crippen molar-refractivity contribution in [1.82, 2.24) is 25.3 Å². The van der Waals surface area contributed by atoms with Crippen molar-refractivity contribution < 1.29 is 23.9 Å². The van der Waals surface area contributed by atoms with Crippen LogP contribution in [0.5, 0.6) is 0 Å². The maximum atomic E-state index is 12.6. The zero-order valence-corrected chi connectivity index (χ0v) is 19.8. The minimum atomic E-state index is -0.672. The molecule has 0 radical (unpaired) electrons. The van der Waals surface area contributed by atoms with Crippen LogP contribution in [0.3, 0.4) is 0 Å². The number of benzene rings is 1. The predicted octanol–water partition coefficient (Wildman–Crippen LogP) is 2.91. The number of hydrogen-bond donors (Lipinski definition) is 2. The van der Waals surface area contributed by atoms with Crippen molar-refractivity contribution >= 4 is 24.0 Å². The van der Waals surface area contributed by atoms with Gasteiger partial charge in [-0.15, -0.1) is 0 Å². The number of rotatable bonds is 4. The molecule has 3 rings (SSSR count). The summed E-state index contributed by atoms with van der Waals surface area (Å²) >= 11 is 0. The molecule has 0 saturated carbocycles. The van der Waals surface area contributed by atoms with Crippen molar-refractivity contribution in [2.75, 3.05) is 38.2 Å². The normalized spacial score (nSPS) is 13.7. The van der Waals surface area contributed by atoms with E-state index in [1.807, 2.05) is 0 Å². The van der Waals surface area contributed by atoms with Crippen LogP contribution in [-0.4, -0.2) is 76.4 Å². The van der Waals surface area contributed by atoms with E-state index in [0.717, 1.165) is 10.6 Å². The van der Waals surface area contributed by atoms with Gasteiger partial charge in [-0.3, -0.25) is 15.5 Å². The topological polar surface area (TPSA) is 126 Å². The quantitative estimate of drug-likeness (QED) is 0.658. The highest BCUT2D eigenvalue weighted by molar-refractivity contribution is 5.95. The Hall–Kier alpha value is -3.73. The summed E-state index contributed by atoms with van der Waals surface area (Å²) in [5.74, 6) is -0.257. The molecule has 11 nitrogen and oxygen atoms in total. The second kappa shape index (κ2) is 10.9. The first-order valence-electron chi connectivity index (χ1n) is 11.0. The molecule has 1 fully saturated rings. The molecule has 1 aliphatic heterocycles. The molecule has 2 aromatic rings. The molecule has 0 atom stereocenters. The van der Waals surface area contributed by atoms with E-state index in [-0.39, 0.29) is 18.5 Å². The van der Waals surface area contributed by atoms with Crippen molar-refractivity contribution in [2.24, 2.45) is 0 Å². The van der Waals surface area contributed by atoms with Crippen molar-refractivity contribution in [2.45, 2.75) is 33.3 Å². The summed E-state index contributed by atoms with van der Waals surface area (Å²) in [6.07, 6.45) is 0.922. The number of amides is 4. The molecule has 1 aromatic carbocycles. The van der Waals surface area contributed by atoms with Crippen LogP contribution in [0.25, 0.3) is 11.3 Å². The van der Waals surface area contributed by atoms with Crippen LogP contribution >= 0.6 is 0 Å². The van der Waals surface area contributed by atoms with Crippen LogP contribution in [0.1, 0.15) is 38.1 Å². The first kappa shape index (κ1) is 24.9. The van der Waals surface area contributed by atoms with Gasteiger partial charge in [0.15, 0.2) is 0 Å². The molecule has 1 aliphatic rings. The fourth-order valence-corrected chi connectivity index (χ4v) is 3.07. The van der Waals surface area contributed by atoms with Gasteiger partial charge in [-0.1, -0.05) is 12.1 Å². The lowest BCUT2D eigenvalue weighted by atomic mass is 10.1. The van der Waals surface area contributed by atoms with Crippen LogP contribution in [0, 0.1) is 0 Å². The average molecular weight is 471 g/mol. The Morgan fingerprint density at radius 3 is 2.41 bits per heavy atom. The molecular formula is C23H30N6O5. The maximum absolute atomic E-state index is 12.6. The van der Waals surface area contributed by atoms with Crippen LogP contribution in [-0.2, 0) is 9.47 Å². The van der Waals surface area contributed by atoms with E-state index in [9.17, 15) is 14.4 Å². The van der Waals surface area contributed by atoms with Gasteiger partial charge in [0.25, 0.3) is 5.91 Å². The lowest BCUT2D eigenvalue weighted by Crippen LogP contribution is -2.48.